The first-order valence-corrected chi connectivity index (χ1v) is 11.4. The quantitative estimate of drug-likeness (QED) is 0.531. The van der Waals surface area contributed by atoms with Gasteiger partial charge in [-0.1, -0.05) is 23.7 Å². The second-order valence-electron chi connectivity index (χ2n) is 8.45. The van der Waals surface area contributed by atoms with Crippen molar-refractivity contribution < 1.29 is 14.4 Å². The SMILES string of the molecule is CNC(=O)CN(C(=O)c1ccc(NC(C)=O)nc1)[C@H]1CC[C@](CN)(c2cccc(Cl)c2)CC1.Cl. The Morgan fingerprint density at radius 2 is 1.91 bits per heavy atom. The van der Waals surface area contributed by atoms with E-state index in [4.69, 9.17) is 17.3 Å². The van der Waals surface area contributed by atoms with Gasteiger partial charge in [0.15, 0.2) is 0 Å². The number of halogens is 2. The Kier molecular flexibility index (Phi) is 9.85. The number of carbonyl (C=O) groups excluding carboxylic acids is 3. The minimum atomic E-state index is -0.270. The van der Waals surface area contributed by atoms with Gasteiger partial charge in [-0.25, -0.2) is 4.98 Å². The molecule has 1 saturated carbocycles. The lowest BCUT2D eigenvalue weighted by Crippen LogP contribution is -2.50. The summed E-state index contributed by atoms with van der Waals surface area (Å²) in [4.78, 5) is 42.5. The van der Waals surface area contributed by atoms with Crippen LogP contribution in [0.25, 0.3) is 0 Å². The van der Waals surface area contributed by atoms with Crippen LogP contribution in [0.3, 0.4) is 0 Å². The van der Waals surface area contributed by atoms with Crippen molar-refractivity contribution in [2.24, 2.45) is 5.73 Å². The number of rotatable bonds is 7. The number of hydrogen-bond donors (Lipinski definition) is 3. The maximum Gasteiger partial charge on any atom is 0.256 e. The van der Waals surface area contributed by atoms with Gasteiger partial charge in [0.05, 0.1) is 5.56 Å². The van der Waals surface area contributed by atoms with Crippen molar-refractivity contribution in [2.45, 2.75) is 44.1 Å². The van der Waals surface area contributed by atoms with Crippen LogP contribution in [-0.2, 0) is 15.0 Å². The molecule has 10 heteroatoms. The normalized spacial score (nSPS) is 19.5. The molecule has 1 aliphatic carbocycles. The number of benzene rings is 1. The predicted molar refractivity (Wildman–Crippen MR) is 135 cm³/mol. The van der Waals surface area contributed by atoms with E-state index in [1.54, 1.807) is 24.1 Å². The van der Waals surface area contributed by atoms with Gasteiger partial charge in [-0.3, -0.25) is 14.4 Å². The Hall–Kier alpha value is -2.68. The number of aromatic nitrogens is 1. The molecule has 1 aromatic carbocycles. The van der Waals surface area contributed by atoms with Gasteiger partial charge in [-0.15, -0.1) is 12.4 Å². The molecule has 0 aliphatic heterocycles. The van der Waals surface area contributed by atoms with Crippen molar-refractivity contribution in [3.63, 3.8) is 0 Å². The highest BCUT2D eigenvalue weighted by Crippen LogP contribution is 2.41. The first-order chi connectivity index (χ1) is 15.8. The van der Waals surface area contributed by atoms with Gasteiger partial charge in [0.25, 0.3) is 5.91 Å². The highest BCUT2D eigenvalue weighted by molar-refractivity contribution is 6.30. The maximum atomic E-state index is 13.4. The molecule has 0 spiro atoms. The van der Waals surface area contributed by atoms with Crippen LogP contribution in [0.5, 0.6) is 0 Å². The van der Waals surface area contributed by atoms with Gasteiger partial charge >= 0.3 is 0 Å². The van der Waals surface area contributed by atoms with Gasteiger partial charge in [-0.2, -0.15) is 0 Å². The number of anilines is 1. The summed E-state index contributed by atoms with van der Waals surface area (Å²) in [5, 5.41) is 5.86. The molecule has 184 valence electrons. The van der Waals surface area contributed by atoms with Crippen molar-refractivity contribution in [2.75, 3.05) is 25.5 Å². The van der Waals surface area contributed by atoms with Gasteiger partial charge in [0, 0.05) is 43.2 Å². The second-order valence-corrected chi connectivity index (χ2v) is 8.88. The molecule has 1 fully saturated rings. The zero-order valence-electron chi connectivity index (χ0n) is 19.3. The van der Waals surface area contributed by atoms with Crippen LogP contribution in [-0.4, -0.2) is 53.8 Å². The Balaban J connectivity index is 0.00000408. The molecule has 3 rings (SSSR count). The first kappa shape index (κ1) is 27.6. The highest BCUT2D eigenvalue weighted by Gasteiger charge is 2.39. The maximum absolute atomic E-state index is 13.4. The largest absolute Gasteiger partial charge is 0.358 e. The van der Waals surface area contributed by atoms with Crippen molar-refractivity contribution in [1.29, 1.82) is 0 Å². The molecule has 3 amide bonds. The third kappa shape index (κ3) is 6.46. The lowest BCUT2D eigenvalue weighted by Gasteiger charge is -2.43. The highest BCUT2D eigenvalue weighted by atomic mass is 35.5. The second kappa shape index (κ2) is 12.1. The molecular weight excluding hydrogens is 477 g/mol. The number of pyridine rings is 1. The molecule has 4 N–H and O–H groups in total. The summed E-state index contributed by atoms with van der Waals surface area (Å²) in [6.45, 7) is 1.83. The minimum absolute atomic E-state index is 0. The summed E-state index contributed by atoms with van der Waals surface area (Å²) < 4.78 is 0. The summed E-state index contributed by atoms with van der Waals surface area (Å²) in [5.74, 6) is -0.387. The standard InChI is InChI=1S/C24H30ClN5O3.ClH/c1-16(31)29-21-7-6-17(13-28-21)23(33)30(14-22(32)27-2)20-8-10-24(15-26,11-9-20)18-4-3-5-19(25)12-18;/h3-7,12-13,20H,8-11,14-15,26H2,1-2H3,(H,27,32)(H,28,29,31);1H/t20-,24-;. The molecule has 0 unspecified atom stereocenters. The van der Waals surface area contributed by atoms with Gasteiger partial charge in [0.2, 0.25) is 11.8 Å². The van der Waals surface area contributed by atoms with E-state index in [1.807, 2.05) is 18.2 Å². The molecule has 0 atom stereocenters. The molecule has 0 saturated heterocycles. The van der Waals surface area contributed by atoms with E-state index in [0.29, 0.717) is 35.8 Å². The van der Waals surface area contributed by atoms with Crippen LogP contribution in [0.15, 0.2) is 42.6 Å². The summed E-state index contributed by atoms with van der Waals surface area (Å²) in [5.41, 5.74) is 7.48. The summed E-state index contributed by atoms with van der Waals surface area (Å²) in [6, 6.07) is 10.9. The third-order valence-electron chi connectivity index (χ3n) is 6.35. The van der Waals surface area contributed by atoms with Gasteiger partial charge in [-0.05, 0) is 55.5 Å². The molecule has 0 bridgehead atoms. The summed E-state index contributed by atoms with van der Waals surface area (Å²) in [7, 11) is 1.55. The van der Waals surface area contributed by atoms with E-state index < -0.39 is 0 Å². The topological polar surface area (TPSA) is 117 Å². The van der Waals surface area contributed by atoms with E-state index >= 15 is 0 Å². The fraction of sp³-hybridized carbons (Fsp3) is 0.417. The average Bonchev–Trinajstić information content (AvgIpc) is 2.82. The Labute approximate surface area is 211 Å². The first-order valence-electron chi connectivity index (χ1n) is 11.0. The van der Waals surface area contributed by atoms with Crippen LogP contribution in [0.1, 0.15) is 48.5 Å². The van der Waals surface area contributed by atoms with Crippen LogP contribution in [0.2, 0.25) is 5.02 Å². The monoisotopic (exact) mass is 507 g/mol. The molecule has 1 aliphatic rings. The summed E-state index contributed by atoms with van der Waals surface area (Å²) >= 11 is 6.22. The predicted octanol–water partition coefficient (Wildman–Crippen LogP) is 3.14. The molecule has 8 nitrogen and oxygen atoms in total. The fourth-order valence-electron chi connectivity index (χ4n) is 4.44. The number of likely N-dealkylation sites (N-methyl/N-ethyl adjacent to an activating group) is 1. The van der Waals surface area contributed by atoms with Crippen molar-refractivity contribution >= 4 is 47.5 Å². The lowest BCUT2D eigenvalue weighted by atomic mass is 9.68. The van der Waals surface area contributed by atoms with Crippen molar-refractivity contribution in [1.82, 2.24) is 15.2 Å². The third-order valence-corrected chi connectivity index (χ3v) is 6.58. The Morgan fingerprint density at radius 1 is 1.21 bits per heavy atom. The zero-order chi connectivity index (χ0) is 24.0. The van der Waals surface area contributed by atoms with E-state index in [9.17, 15) is 14.4 Å². The zero-order valence-corrected chi connectivity index (χ0v) is 20.9. The molecule has 1 aromatic heterocycles. The lowest BCUT2D eigenvalue weighted by molar-refractivity contribution is -0.122. The molecule has 0 radical (unpaired) electrons. The van der Waals surface area contributed by atoms with E-state index in [-0.39, 0.29) is 48.1 Å². The van der Waals surface area contributed by atoms with E-state index in [0.717, 1.165) is 18.4 Å². The number of hydrogen-bond acceptors (Lipinski definition) is 5. The van der Waals surface area contributed by atoms with Crippen LogP contribution in [0, 0.1) is 0 Å². The number of amides is 3. The molecule has 34 heavy (non-hydrogen) atoms. The van der Waals surface area contributed by atoms with Gasteiger partial charge < -0.3 is 21.3 Å². The molecule has 2 aromatic rings. The van der Waals surface area contributed by atoms with Crippen LogP contribution < -0.4 is 16.4 Å². The number of nitrogens with one attached hydrogen (secondary N) is 2. The molecule has 1 heterocycles. The number of carbonyl (C=O) groups is 3. The summed E-state index contributed by atoms with van der Waals surface area (Å²) in [6.07, 6.45) is 4.41. The van der Waals surface area contributed by atoms with Crippen LogP contribution >= 0.6 is 24.0 Å². The van der Waals surface area contributed by atoms with Gasteiger partial charge in [0.1, 0.15) is 12.4 Å². The van der Waals surface area contributed by atoms with E-state index in [1.165, 1.54) is 13.1 Å². The Bertz CT molecular complexity index is 1010. The number of nitrogens with zero attached hydrogens (tertiary/aromatic N) is 2. The van der Waals surface area contributed by atoms with E-state index in [2.05, 4.69) is 21.7 Å². The Morgan fingerprint density at radius 3 is 2.44 bits per heavy atom. The smallest absolute Gasteiger partial charge is 0.256 e. The van der Waals surface area contributed by atoms with Crippen LogP contribution in [0.4, 0.5) is 5.82 Å². The average molecular weight is 508 g/mol. The minimum Gasteiger partial charge on any atom is -0.358 e. The van der Waals surface area contributed by atoms with Crippen molar-refractivity contribution in [3.8, 4) is 0 Å². The van der Waals surface area contributed by atoms with Crippen molar-refractivity contribution in [3.05, 3.63) is 58.7 Å². The number of nitrogens with two attached hydrogens (primary N) is 1. The molecular formula is C24H31Cl2N5O3. The fourth-order valence-corrected chi connectivity index (χ4v) is 4.63.